The normalized spacial score (nSPS) is 14.5. The molecule has 1 N–H and O–H groups in total. The van der Waals surface area contributed by atoms with Crippen LogP contribution in [0, 0.1) is 6.92 Å². The molecule has 9 nitrogen and oxygen atoms in total. The van der Waals surface area contributed by atoms with Gasteiger partial charge in [-0.3, -0.25) is 4.79 Å². The Kier molecular flexibility index (Phi) is 7.53. The largest absolute Gasteiger partial charge is 0.451 e. The molecule has 1 amide bonds. The van der Waals surface area contributed by atoms with Crippen molar-refractivity contribution in [3.63, 3.8) is 0 Å². The number of carbonyl (C=O) groups excluding carboxylic acids is 2. The van der Waals surface area contributed by atoms with Crippen molar-refractivity contribution < 1.29 is 22.7 Å². The van der Waals surface area contributed by atoms with E-state index >= 15 is 0 Å². The summed E-state index contributed by atoms with van der Waals surface area (Å²) >= 11 is 7.21. The molecule has 1 fully saturated rings. The lowest BCUT2D eigenvalue weighted by molar-refractivity contribution is -0.119. The number of halogens is 1. The molecule has 38 heavy (non-hydrogen) atoms. The second kappa shape index (κ2) is 10.9. The van der Waals surface area contributed by atoms with Crippen molar-refractivity contribution in [3.05, 3.63) is 70.2 Å². The van der Waals surface area contributed by atoms with Crippen molar-refractivity contribution in [3.8, 4) is 5.69 Å². The van der Waals surface area contributed by atoms with Gasteiger partial charge in [-0.1, -0.05) is 18.0 Å². The molecule has 1 saturated heterocycles. The van der Waals surface area contributed by atoms with Gasteiger partial charge in [0.15, 0.2) is 6.61 Å². The van der Waals surface area contributed by atoms with Crippen molar-refractivity contribution in [2.45, 2.75) is 31.1 Å². The summed E-state index contributed by atoms with van der Waals surface area (Å²) in [4.78, 5) is 26.4. The number of thiophene rings is 1. The number of carbonyl (C=O) groups is 2. The van der Waals surface area contributed by atoms with Gasteiger partial charge >= 0.3 is 5.97 Å². The molecule has 1 aliphatic heterocycles. The van der Waals surface area contributed by atoms with E-state index in [9.17, 15) is 18.0 Å². The van der Waals surface area contributed by atoms with E-state index in [1.165, 1.54) is 39.9 Å². The summed E-state index contributed by atoms with van der Waals surface area (Å²) < 4.78 is 34.0. The van der Waals surface area contributed by atoms with Crippen molar-refractivity contribution in [1.29, 1.82) is 0 Å². The molecule has 0 spiro atoms. The van der Waals surface area contributed by atoms with Crippen LogP contribution in [-0.2, 0) is 19.6 Å². The van der Waals surface area contributed by atoms with E-state index in [1.54, 1.807) is 22.9 Å². The first-order valence-electron chi connectivity index (χ1n) is 12.0. The van der Waals surface area contributed by atoms with E-state index in [0.29, 0.717) is 28.7 Å². The van der Waals surface area contributed by atoms with Gasteiger partial charge in [-0.25, -0.2) is 17.9 Å². The molecule has 3 heterocycles. The zero-order valence-electron chi connectivity index (χ0n) is 20.5. The molecule has 12 heteroatoms. The molecular formula is C26H25ClN4O5S2. The topological polar surface area (TPSA) is 111 Å². The number of nitrogens with one attached hydrogen (secondary N) is 1. The van der Waals surface area contributed by atoms with Crippen LogP contribution in [0.4, 0.5) is 5.69 Å². The third kappa shape index (κ3) is 5.46. The van der Waals surface area contributed by atoms with Gasteiger partial charge in [0, 0.05) is 29.2 Å². The quantitative estimate of drug-likeness (QED) is 0.311. The van der Waals surface area contributed by atoms with Gasteiger partial charge < -0.3 is 10.1 Å². The number of aryl methyl sites for hydroxylation is 1. The number of sulfonamides is 1. The maximum absolute atomic E-state index is 12.8. The Morgan fingerprint density at radius 2 is 1.74 bits per heavy atom. The van der Waals surface area contributed by atoms with Crippen molar-refractivity contribution >= 4 is 60.7 Å². The first kappa shape index (κ1) is 26.4. The third-order valence-corrected chi connectivity index (χ3v) is 9.50. The fourth-order valence-corrected chi connectivity index (χ4v) is 6.99. The molecule has 0 bridgehead atoms. The van der Waals surface area contributed by atoms with Crippen LogP contribution in [0.1, 0.15) is 34.6 Å². The Labute approximate surface area is 229 Å². The number of ether oxygens (including phenoxy) is 1. The molecule has 1 aliphatic rings. The summed E-state index contributed by atoms with van der Waals surface area (Å²) in [6, 6.07) is 14.9. The highest BCUT2D eigenvalue weighted by Crippen LogP contribution is 2.31. The van der Waals surface area contributed by atoms with Crippen LogP contribution in [0.25, 0.3) is 15.9 Å². The van der Waals surface area contributed by atoms with Gasteiger partial charge in [0.1, 0.15) is 9.71 Å². The molecule has 198 valence electrons. The van der Waals surface area contributed by atoms with Crippen LogP contribution in [-0.4, -0.2) is 54.1 Å². The number of rotatable bonds is 7. The standard InChI is InChI=1S/C26H25ClN4O5S2/c1-17-22-15-23(37-25(22)31(29-17)20-9-5-18(27)6-10-20)26(33)36-16-24(32)28-19-7-11-21(12-8-19)38(34,35)30-13-3-2-4-14-30/h5-12,15H,2-4,13-14,16H2,1H3,(H,28,32). The summed E-state index contributed by atoms with van der Waals surface area (Å²) in [5, 5.41) is 8.61. The molecule has 2 aromatic carbocycles. The highest BCUT2D eigenvalue weighted by Gasteiger charge is 2.26. The Morgan fingerprint density at radius 1 is 1.05 bits per heavy atom. The fourth-order valence-electron chi connectivity index (χ4n) is 4.27. The predicted molar refractivity (Wildman–Crippen MR) is 147 cm³/mol. The predicted octanol–water partition coefficient (Wildman–Crippen LogP) is 5.02. The van der Waals surface area contributed by atoms with E-state index in [-0.39, 0.29) is 4.90 Å². The number of aromatic nitrogens is 2. The number of hydrogen-bond acceptors (Lipinski definition) is 7. The summed E-state index contributed by atoms with van der Waals surface area (Å²) in [5.74, 6) is -1.15. The molecule has 0 atom stereocenters. The van der Waals surface area contributed by atoms with Crippen LogP contribution >= 0.6 is 22.9 Å². The van der Waals surface area contributed by atoms with E-state index in [2.05, 4.69) is 10.4 Å². The van der Waals surface area contributed by atoms with Gasteiger partial charge in [0.25, 0.3) is 5.91 Å². The Hall–Kier alpha value is -3.25. The molecule has 0 aliphatic carbocycles. The lowest BCUT2D eigenvalue weighted by atomic mass is 10.2. The zero-order valence-corrected chi connectivity index (χ0v) is 22.9. The number of nitrogens with zero attached hydrogens (tertiary/aromatic N) is 3. The molecule has 0 unspecified atom stereocenters. The Morgan fingerprint density at radius 3 is 2.42 bits per heavy atom. The molecule has 0 radical (unpaired) electrons. The molecule has 5 rings (SSSR count). The SMILES string of the molecule is Cc1nn(-c2ccc(Cl)cc2)c2sc(C(=O)OCC(=O)Nc3ccc(S(=O)(=O)N4CCCCC4)cc3)cc12. The van der Waals surface area contributed by atoms with Crippen molar-refractivity contribution in [2.75, 3.05) is 25.0 Å². The molecule has 0 saturated carbocycles. The minimum absolute atomic E-state index is 0.182. The Bertz CT molecular complexity index is 1590. The zero-order chi connectivity index (χ0) is 26.9. The second-order valence-electron chi connectivity index (χ2n) is 8.92. The summed E-state index contributed by atoms with van der Waals surface area (Å²) in [6.45, 7) is 2.41. The van der Waals surface area contributed by atoms with Crippen molar-refractivity contribution in [1.82, 2.24) is 14.1 Å². The molecule has 4 aromatic rings. The number of piperidine rings is 1. The average molecular weight is 573 g/mol. The van der Waals surface area contributed by atoms with E-state index in [1.807, 2.05) is 19.1 Å². The number of hydrogen-bond donors (Lipinski definition) is 1. The third-order valence-electron chi connectivity index (χ3n) is 6.24. The van der Waals surface area contributed by atoms with Gasteiger partial charge in [0.05, 0.1) is 16.3 Å². The smallest absolute Gasteiger partial charge is 0.348 e. The monoisotopic (exact) mass is 572 g/mol. The van der Waals surface area contributed by atoms with E-state index < -0.39 is 28.5 Å². The highest BCUT2D eigenvalue weighted by atomic mass is 35.5. The van der Waals surface area contributed by atoms with Crippen LogP contribution in [0.3, 0.4) is 0 Å². The number of anilines is 1. The van der Waals surface area contributed by atoms with Crippen LogP contribution in [0.5, 0.6) is 0 Å². The first-order chi connectivity index (χ1) is 18.2. The fraction of sp³-hybridized carbons (Fsp3) is 0.269. The highest BCUT2D eigenvalue weighted by molar-refractivity contribution is 7.89. The Balaban J connectivity index is 1.20. The molecule has 2 aromatic heterocycles. The van der Waals surface area contributed by atoms with Crippen LogP contribution in [0.15, 0.2) is 59.5 Å². The number of benzene rings is 2. The summed E-state index contributed by atoms with van der Waals surface area (Å²) in [7, 11) is -3.55. The maximum Gasteiger partial charge on any atom is 0.348 e. The average Bonchev–Trinajstić information content (AvgIpc) is 3.49. The number of fused-ring (bicyclic) bond motifs is 1. The van der Waals surface area contributed by atoms with Gasteiger partial charge in [0.2, 0.25) is 10.0 Å². The summed E-state index contributed by atoms with van der Waals surface area (Å²) in [5.41, 5.74) is 1.97. The van der Waals surface area contributed by atoms with Crippen LogP contribution in [0.2, 0.25) is 5.02 Å². The van der Waals surface area contributed by atoms with Crippen LogP contribution < -0.4 is 5.32 Å². The number of amides is 1. The van der Waals surface area contributed by atoms with Gasteiger partial charge in [-0.2, -0.15) is 9.40 Å². The lowest BCUT2D eigenvalue weighted by Gasteiger charge is -2.25. The maximum atomic E-state index is 12.8. The number of esters is 1. The van der Waals surface area contributed by atoms with Gasteiger partial charge in [-0.05, 0) is 74.4 Å². The minimum atomic E-state index is -3.55. The van der Waals surface area contributed by atoms with E-state index in [4.69, 9.17) is 16.3 Å². The van der Waals surface area contributed by atoms with E-state index in [0.717, 1.165) is 40.9 Å². The lowest BCUT2D eigenvalue weighted by Crippen LogP contribution is -2.35. The first-order valence-corrected chi connectivity index (χ1v) is 14.7. The van der Waals surface area contributed by atoms with Crippen molar-refractivity contribution in [2.24, 2.45) is 0 Å². The minimum Gasteiger partial charge on any atom is -0.451 e. The van der Waals surface area contributed by atoms with Gasteiger partial charge in [-0.15, -0.1) is 11.3 Å². The second-order valence-corrected chi connectivity index (χ2v) is 12.3. The summed E-state index contributed by atoms with van der Waals surface area (Å²) in [6.07, 6.45) is 2.74. The molecular weight excluding hydrogens is 548 g/mol.